The lowest BCUT2D eigenvalue weighted by atomic mass is 9.33. The lowest BCUT2D eigenvalue weighted by Gasteiger charge is -2.71. The van der Waals surface area contributed by atoms with Gasteiger partial charge < -0.3 is 50.3 Å². The van der Waals surface area contributed by atoms with Gasteiger partial charge in [0, 0.05) is 5.41 Å². The SMILES string of the molecule is CC1(C)C[C@H]2C3=CC[C@@H]4[C@@]5(C)C[C@@H](O)[C@H](O)[C@@](C)(CO)[C@@H]5CC[C@@]4(C)[C@]3(C)CC[C@@]2(C(=O)O)C[C@@H]1O[C@@H]1O[C@H](CO)[C@@H](O)[C@H](O)[C@H]1O. The van der Waals surface area contributed by atoms with Gasteiger partial charge in [-0.25, -0.2) is 0 Å². The van der Waals surface area contributed by atoms with Gasteiger partial charge in [0.15, 0.2) is 6.29 Å². The molecule has 0 aromatic heterocycles. The van der Waals surface area contributed by atoms with Gasteiger partial charge in [0.1, 0.15) is 24.4 Å². The maximum atomic E-state index is 13.4. The zero-order valence-corrected chi connectivity index (χ0v) is 28.8. The first kappa shape index (κ1) is 35.7. The molecule has 8 N–H and O–H groups in total. The van der Waals surface area contributed by atoms with Gasteiger partial charge in [0.05, 0.1) is 36.9 Å². The molecule has 6 rings (SSSR count). The number of carboxylic acid groups (broad SMARTS) is 1. The average molecular weight is 667 g/mol. The summed E-state index contributed by atoms with van der Waals surface area (Å²) >= 11 is 0. The van der Waals surface area contributed by atoms with Crippen molar-refractivity contribution in [1.29, 1.82) is 0 Å². The Bertz CT molecular complexity index is 1270. The summed E-state index contributed by atoms with van der Waals surface area (Å²) in [5.74, 6) is -0.931. The maximum absolute atomic E-state index is 13.4. The smallest absolute Gasteiger partial charge is 0.310 e. The summed E-state index contributed by atoms with van der Waals surface area (Å²) in [7, 11) is 0. The quantitative estimate of drug-likeness (QED) is 0.158. The van der Waals surface area contributed by atoms with Gasteiger partial charge in [-0.15, -0.1) is 0 Å². The second-order valence-corrected chi connectivity index (χ2v) is 17.9. The number of aliphatic carboxylic acids is 1. The summed E-state index contributed by atoms with van der Waals surface area (Å²) in [5, 5.41) is 84.8. The Kier molecular flexibility index (Phi) is 8.68. The van der Waals surface area contributed by atoms with E-state index in [9.17, 15) is 45.6 Å². The monoisotopic (exact) mass is 666 g/mol. The minimum atomic E-state index is -1.59. The molecule has 4 saturated carbocycles. The fourth-order valence-corrected chi connectivity index (χ4v) is 12.3. The second kappa shape index (κ2) is 11.4. The van der Waals surface area contributed by atoms with Crippen LogP contribution in [0.1, 0.15) is 92.9 Å². The van der Waals surface area contributed by atoms with Crippen molar-refractivity contribution in [2.45, 2.75) is 142 Å². The minimum Gasteiger partial charge on any atom is -0.481 e. The van der Waals surface area contributed by atoms with Gasteiger partial charge in [0.25, 0.3) is 0 Å². The molecular weight excluding hydrogens is 608 g/mol. The van der Waals surface area contributed by atoms with E-state index in [1.54, 1.807) is 0 Å². The van der Waals surface area contributed by atoms with Crippen LogP contribution in [-0.4, -0.2) is 109 Å². The molecule has 1 aliphatic heterocycles. The van der Waals surface area contributed by atoms with Crippen molar-refractivity contribution in [3.63, 3.8) is 0 Å². The third-order valence-electron chi connectivity index (χ3n) is 15.4. The number of ether oxygens (including phenoxy) is 2. The van der Waals surface area contributed by atoms with E-state index in [1.165, 1.54) is 5.57 Å². The molecule has 0 amide bonds. The fourth-order valence-electron chi connectivity index (χ4n) is 12.3. The van der Waals surface area contributed by atoms with Gasteiger partial charge >= 0.3 is 5.97 Å². The summed E-state index contributed by atoms with van der Waals surface area (Å²) in [6.07, 6.45) is -2.73. The molecule has 5 aliphatic carbocycles. The highest BCUT2D eigenvalue weighted by atomic mass is 16.7. The molecule has 0 bridgehead atoms. The predicted octanol–water partition coefficient (Wildman–Crippen LogP) is 1.97. The Hall–Kier alpha value is -1.15. The first-order valence-electron chi connectivity index (χ1n) is 17.6. The lowest BCUT2D eigenvalue weighted by Crippen LogP contribution is -2.68. The van der Waals surface area contributed by atoms with Gasteiger partial charge in [-0.1, -0.05) is 53.2 Å². The third-order valence-corrected chi connectivity index (χ3v) is 15.4. The molecule has 0 unspecified atom stereocenters. The summed E-state index contributed by atoms with van der Waals surface area (Å²) in [6, 6.07) is 0. The third kappa shape index (κ3) is 4.74. The van der Waals surface area contributed by atoms with Crippen LogP contribution in [0.3, 0.4) is 0 Å². The normalized spacial score (nSPS) is 55.5. The van der Waals surface area contributed by atoms with Crippen molar-refractivity contribution >= 4 is 5.97 Å². The first-order valence-corrected chi connectivity index (χ1v) is 17.6. The van der Waals surface area contributed by atoms with Crippen LogP contribution < -0.4 is 0 Å². The molecule has 11 heteroatoms. The van der Waals surface area contributed by atoms with Crippen LogP contribution in [-0.2, 0) is 14.3 Å². The van der Waals surface area contributed by atoms with Crippen molar-refractivity contribution in [2.75, 3.05) is 13.2 Å². The molecule has 5 fully saturated rings. The van der Waals surface area contributed by atoms with Crippen LogP contribution in [0.2, 0.25) is 0 Å². The molecular formula is C36H58O11. The Morgan fingerprint density at radius 1 is 0.894 bits per heavy atom. The van der Waals surface area contributed by atoms with E-state index in [2.05, 4.69) is 26.8 Å². The number of rotatable bonds is 5. The van der Waals surface area contributed by atoms with Gasteiger partial charge in [-0.2, -0.15) is 0 Å². The van der Waals surface area contributed by atoms with E-state index in [1.807, 2.05) is 20.8 Å². The van der Waals surface area contributed by atoms with Gasteiger partial charge in [-0.05, 0) is 90.8 Å². The highest BCUT2D eigenvalue weighted by Gasteiger charge is 2.71. The van der Waals surface area contributed by atoms with Crippen LogP contribution in [0.15, 0.2) is 11.6 Å². The largest absolute Gasteiger partial charge is 0.481 e. The standard InChI is InChI=1S/C36H58O11/c1-31(2)13-19-18-7-8-23-32(3)14-20(39)28(43)33(4,17-38)22(32)9-10-35(23,6)34(18,5)11-12-36(19,30(44)45)15-24(31)47-29-27(42)26(41)25(40)21(16-37)46-29/h7,19-29,37-43H,8-17H2,1-6H3,(H,44,45)/t19-,20+,21+,22+,23+,24-,25+,26-,27+,28-,29-,32-,33-,34+,35+,36+/m0/s1. The zero-order chi connectivity index (χ0) is 34.7. The number of fused-ring (bicyclic) bond motifs is 7. The Balaban J connectivity index is 1.34. The number of hydrogen-bond acceptors (Lipinski definition) is 10. The van der Waals surface area contributed by atoms with Crippen LogP contribution >= 0.6 is 0 Å². The van der Waals surface area contributed by atoms with E-state index in [-0.39, 0.29) is 47.0 Å². The van der Waals surface area contributed by atoms with E-state index < -0.39 is 77.8 Å². The fraction of sp³-hybridized carbons (Fsp3) is 0.917. The van der Waals surface area contributed by atoms with E-state index in [4.69, 9.17) is 9.47 Å². The molecule has 16 atom stereocenters. The number of hydrogen-bond donors (Lipinski definition) is 8. The number of aliphatic hydroxyl groups excluding tert-OH is 7. The molecule has 1 saturated heterocycles. The van der Waals surface area contributed by atoms with Crippen molar-refractivity contribution in [3.05, 3.63) is 11.6 Å². The molecule has 268 valence electrons. The molecule has 0 spiro atoms. The van der Waals surface area contributed by atoms with Crippen molar-refractivity contribution in [1.82, 2.24) is 0 Å². The molecule has 47 heavy (non-hydrogen) atoms. The Morgan fingerprint density at radius 2 is 1.57 bits per heavy atom. The number of carbonyl (C=O) groups is 1. The minimum absolute atomic E-state index is 0.0330. The van der Waals surface area contributed by atoms with Gasteiger partial charge in [-0.3, -0.25) is 4.79 Å². The van der Waals surface area contributed by atoms with Crippen LogP contribution in [0.5, 0.6) is 0 Å². The summed E-state index contributed by atoms with van der Waals surface area (Å²) < 4.78 is 12.0. The molecule has 0 aromatic rings. The van der Waals surface area contributed by atoms with Gasteiger partial charge in [0.2, 0.25) is 0 Å². The van der Waals surface area contributed by atoms with E-state index >= 15 is 0 Å². The number of aliphatic hydroxyl groups is 7. The van der Waals surface area contributed by atoms with Crippen LogP contribution in [0.4, 0.5) is 0 Å². The van der Waals surface area contributed by atoms with Crippen molar-refractivity contribution < 1.29 is 55.1 Å². The Morgan fingerprint density at radius 3 is 2.19 bits per heavy atom. The lowest BCUT2D eigenvalue weighted by molar-refractivity contribution is -0.325. The van der Waals surface area contributed by atoms with Crippen LogP contribution in [0.25, 0.3) is 0 Å². The molecule has 1 heterocycles. The first-order chi connectivity index (χ1) is 21.8. The molecule has 6 aliphatic rings. The van der Waals surface area contributed by atoms with Crippen molar-refractivity contribution in [2.24, 2.45) is 50.2 Å². The molecule has 0 radical (unpaired) electrons. The average Bonchev–Trinajstić information content (AvgIpc) is 3.00. The Labute approximate surface area is 278 Å². The molecule has 11 nitrogen and oxygen atoms in total. The highest BCUT2D eigenvalue weighted by molar-refractivity contribution is 5.77. The van der Waals surface area contributed by atoms with Crippen molar-refractivity contribution in [3.8, 4) is 0 Å². The second-order valence-electron chi connectivity index (χ2n) is 17.9. The summed E-state index contributed by atoms with van der Waals surface area (Å²) in [6.45, 7) is 12.1. The van der Waals surface area contributed by atoms with E-state index in [0.717, 1.165) is 19.3 Å². The zero-order valence-electron chi connectivity index (χ0n) is 28.8. The summed E-state index contributed by atoms with van der Waals surface area (Å²) in [5.41, 5.74) is -2.11. The highest BCUT2D eigenvalue weighted by Crippen LogP contribution is 2.76. The number of carboxylic acids is 1. The summed E-state index contributed by atoms with van der Waals surface area (Å²) in [4.78, 5) is 13.4. The van der Waals surface area contributed by atoms with Crippen LogP contribution in [0, 0.1) is 50.2 Å². The topological polar surface area (TPSA) is 197 Å². The predicted molar refractivity (Wildman–Crippen MR) is 170 cm³/mol. The maximum Gasteiger partial charge on any atom is 0.310 e. The molecule has 0 aromatic carbocycles. The van der Waals surface area contributed by atoms with E-state index in [0.29, 0.717) is 25.7 Å². The number of allylic oxidation sites excluding steroid dienone is 2.